The van der Waals surface area contributed by atoms with Gasteiger partial charge in [0.1, 0.15) is 6.10 Å². The number of H-pyrrole nitrogens is 1. The number of ether oxygens (including phenoxy) is 1. The third-order valence-corrected chi connectivity index (χ3v) is 5.34. The number of aromatic nitrogens is 2. The number of carbonyl (C=O) groups excluding carboxylic acids is 1. The third-order valence-electron chi connectivity index (χ3n) is 5.34. The van der Waals surface area contributed by atoms with E-state index in [0.717, 1.165) is 30.3 Å². The highest BCUT2D eigenvalue weighted by Gasteiger charge is 2.37. The number of fused-ring (bicyclic) bond motifs is 3. The first-order valence-electron chi connectivity index (χ1n) is 8.26. The highest BCUT2D eigenvalue weighted by atomic mass is 16.6. The van der Waals surface area contributed by atoms with Crippen molar-refractivity contribution in [2.45, 2.75) is 50.3 Å². The number of hydrogen-bond acceptors (Lipinski definition) is 4. The van der Waals surface area contributed by atoms with Crippen LogP contribution in [0.1, 0.15) is 32.1 Å². The number of aromatic amines is 1. The largest absolute Gasteiger partial charge is 0.445 e. The SMILES string of the molecule is CN1C2CCCC1CC(OC(=O)n1c(=O)[nH]c3ccccc31)C2. The van der Waals surface area contributed by atoms with Crippen molar-refractivity contribution >= 4 is 17.1 Å². The normalized spacial score (nSPS) is 28.0. The van der Waals surface area contributed by atoms with E-state index < -0.39 is 11.8 Å². The maximum absolute atomic E-state index is 12.5. The molecule has 1 N–H and O–H groups in total. The lowest BCUT2D eigenvalue weighted by Crippen LogP contribution is -2.52. The Labute approximate surface area is 134 Å². The van der Waals surface area contributed by atoms with Gasteiger partial charge in [-0.1, -0.05) is 18.6 Å². The maximum Gasteiger partial charge on any atom is 0.423 e. The molecule has 4 rings (SSSR count). The number of hydrogen-bond donors (Lipinski definition) is 1. The molecule has 2 bridgehead atoms. The summed E-state index contributed by atoms with van der Waals surface area (Å²) in [7, 11) is 2.16. The molecule has 1 aromatic carbocycles. The summed E-state index contributed by atoms with van der Waals surface area (Å²) < 4.78 is 6.79. The molecule has 122 valence electrons. The van der Waals surface area contributed by atoms with Crippen molar-refractivity contribution in [3.05, 3.63) is 34.7 Å². The second-order valence-electron chi connectivity index (χ2n) is 6.66. The van der Waals surface area contributed by atoms with Crippen LogP contribution in [0.5, 0.6) is 0 Å². The summed E-state index contributed by atoms with van der Waals surface area (Å²) >= 11 is 0. The average molecular weight is 315 g/mol. The Morgan fingerprint density at radius 2 is 1.91 bits per heavy atom. The molecule has 2 unspecified atom stereocenters. The van der Waals surface area contributed by atoms with Crippen molar-refractivity contribution in [2.75, 3.05) is 7.05 Å². The number of carbonyl (C=O) groups is 1. The van der Waals surface area contributed by atoms with Crippen LogP contribution in [-0.4, -0.2) is 45.8 Å². The van der Waals surface area contributed by atoms with Crippen LogP contribution in [0.15, 0.2) is 29.1 Å². The second kappa shape index (κ2) is 5.53. The Bertz CT molecular complexity index is 780. The number of nitrogens with zero attached hydrogens (tertiary/aromatic N) is 2. The van der Waals surface area contributed by atoms with Crippen LogP contribution in [-0.2, 0) is 4.74 Å². The molecular weight excluding hydrogens is 294 g/mol. The highest BCUT2D eigenvalue weighted by Crippen LogP contribution is 2.34. The lowest BCUT2D eigenvalue weighted by molar-refractivity contribution is -0.0192. The van der Waals surface area contributed by atoms with Gasteiger partial charge in [-0.15, -0.1) is 0 Å². The van der Waals surface area contributed by atoms with Crippen molar-refractivity contribution in [3.63, 3.8) is 0 Å². The van der Waals surface area contributed by atoms with Gasteiger partial charge in [0.25, 0.3) is 0 Å². The van der Waals surface area contributed by atoms with E-state index in [0.29, 0.717) is 23.1 Å². The van der Waals surface area contributed by atoms with Gasteiger partial charge in [-0.2, -0.15) is 4.57 Å². The molecule has 23 heavy (non-hydrogen) atoms. The molecule has 0 amide bonds. The fraction of sp³-hybridized carbons (Fsp3) is 0.529. The van der Waals surface area contributed by atoms with Crippen LogP contribution < -0.4 is 5.69 Å². The molecule has 0 saturated carbocycles. The monoisotopic (exact) mass is 315 g/mol. The zero-order chi connectivity index (χ0) is 16.0. The summed E-state index contributed by atoms with van der Waals surface area (Å²) in [6.45, 7) is 0. The third kappa shape index (κ3) is 2.47. The summed E-state index contributed by atoms with van der Waals surface area (Å²) in [6.07, 6.45) is 4.62. The molecule has 2 saturated heterocycles. The molecule has 1 aromatic heterocycles. The zero-order valence-electron chi connectivity index (χ0n) is 13.2. The predicted octanol–water partition coefficient (Wildman–Crippen LogP) is 2.33. The summed E-state index contributed by atoms with van der Waals surface area (Å²) in [5, 5.41) is 0. The van der Waals surface area contributed by atoms with Crippen molar-refractivity contribution in [1.82, 2.24) is 14.5 Å². The zero-order valence-corrected chi connectivity index (χ0v) is 13.2. The smallest absolute Gasteiger partial charge is 0.423 e. The van der Waals surface area contributed by atoms with E-state index in [1.54, 1.807) is 18.2 Å². The molecule has 6 nitrogen and oxygen atoms in total. The van der Waals surface area contributed by atoms with E-state index in [1.165, 1.54) is 6.42 Å². The summed E-state index contributed by atoms with van der Waals surface area (Å²) in [5.41, 5.74) is 0.773. The first-order chi connectivity index (χ1) is 11.1. The quantitative estimate of drug-likeness (QED) is 0.877. The fourth-order valence-corrected chi connectivity index (χ4v) is 4.09. The molecule has 2 aliphatic heterocycles. The summed E-state index contributed by atoms with van der Waals surface area (Å²) in [5.74, 6) is 0. The van der Waals surface area contributed by atoms with E-state index in [4.69, 9.17) is 4.74 Å². The van der Waals surface area contributed by atoms with Crippen LogP contribution in [0, 0.1) is 0 Å². The van der Waals surface area contributed by atoms with Crippen LogP contribution in [0.2, 0.25) is 0 Å². The van der Waals surface area contributed by atoms with Gasteiger partial charge < -0.3 is 14.6 Å². The molecule has 6 heteroatoms. The van der Waals surface area contributed by atoms with Gasteiger partial charge in [-0.05, 0) is 32.0 Å². The number of piperidine rings is 2. The molecule has 2 aromatic rings. The molecule has 0 aliphatic carbocycles. The first-order valence-corrected chi connectivity index (χ1v) is 8.26. The van der Waals surface area contributed by atoms with Crippen LogP contribution in [0.3, 0.4) is 0 Å². The number of para-hydroxylation sites is 2. The van der Waals surface area contributed by atoms with Crippen LogP contribution >= 0.6 is 0 Å². The Balaban J connectivity index is 1.56. The molecule has 0 spiro atoms. The van der Waals surface area contributed by atoms with E-state index in [2.05, 4.69) is 16.9 Å². The van der Waals surface area contributed by atoms with Gasteiger partial charge in [-0.3, -0.25) is 0 Å². The molecule has 2 fully saturated rings. The molecule has 3 heterocycles. The summed E-state index contributed by atoms with van der Waals surface area (Å²) in [4.78, 5) is 29.7. The number of imidazole rings is 1. The topological polar surface area (TPSA) is 67.3 Å². The number of nitrogens with one attached hydrogen (secondary N) is 1. The van der Waals surface area contributed by atoms with E-state index >= 15 is 0 Å². The fourth-order valence-electron chi connectivity index (χ4n) is 4.09. The standard InChI is InChI=1S/C17H21N3O3/c1-19-11-5-4-6-12(19)10-13(9-11)23-17(22)20-15-8-3-2-7-14(15)18-16(20)21/h2-3,7-8,11-13H,4-6,9-10H2,1H3,(H,18,21). The molecular formula is C17H21N3O3. The van der Waals surface area contributed by atoms with Gasteiger partial charge in [0.05, 0.1) is 11.0 Å². The van der Waals surface area contributed by atoms with Gasteiger partial charge in [0, 0.05) is 24.9 Å². The van der Waals surface area contributed by atoms with Gasteiger partial charge in [0.2, 0.25) is 0 Å². The Kier molecular flexibility index (Phi) is 3.49. The van der Waals surface area contributed by atoms with Crippen LogP contribution in [0.25, 0.3) is 11.0 Å². The lowest BCUT2D eigenvalue weighted by atomic mass is 9.83. The maximum atomic E-state index is 12.5. The lowest BCUT2D eigenvalue weighted by Gasteiger charge is -2.46. The first kappa shape index (κ1) is 14.5. The molecule has 2 aliphatic rings. The molecule has 0 radical (unpaired) electrons. The Morgan fingerprint density at radius 3 is 2.65 bits per heavy atom. The van der Waals surface area contributed by atoms with Crippen molar-refractivity contribution in [2.24, 2.45) is 0 Å². The Hall–Kier alpha value is -2.08. The highest BCUT2D eigenvalue weighted by molar-refractivity contribution is 5.86. The second-order valence-corrected chi connectivity index (χ2v) is 6.66. The minimum absolute atomic E-state index is 0.102. The van der Waals surface area contributed by atoms with Gasteiger partial charge in [0.15, 0.2) is 0 Å². The molecule has 2 atom stereocenters. The summed E-state index contributed by atoms with van der Waals surface area (Å²) in [6, 6.07) is 8.13. The minimum Gasteiger partial charge on any atom is -0.445 e. The van der Waals surface area contributed by atoms with Crippen LogP contribution in [0.4, 0.5) is 4.79 Å². The average Bonchev–Trinajstić information content (AvgIpc) is 2.84. The number of rotatable bonds is 1. The van der Waals surface area contributed by atoms with Gasteiger partial charge in [-0.25, -0.2) is 9.59 Å². The van der Waals surface area contributed by atoms with E-state index in [-0.39, 0.29) is 6.10 Å². The Morgan fingerprint density at radius 1 is 1.22 bits per heavy atom. The van der Waals surface area contributed by atoms with E-state index in [1.807, 2.05) is 6.07 Å². The van der Waals surface area contributed by atoms with Gasteiger partial charge >= 0.3 is 11.8 Å². The van der Waals surface area contributed by atoms with E-state index in [9.17, 15) is 9.59 Å². The number of benzene rings is 1. The van der Waals surface area contributed by atoms with Crippen molar-refractivity contribution in [1.29, 1.82) is 0 Å². The van der Waals surface area contributed by atoms with Crippen molar-refractivity contribution < 1.29 is 9.53 Å². The minimum atomic E-state index is -0.569. The predicted molar refractivity (Wildman–Crippen MR) is 86.6 cm³/mol. The van der Waals surface area contributed by atoms with Crippen molar-refractivity contribution in [3.8, 4) is 0 Å².